The molecular formula is C15H14FNO3. The Bertz CT molecular complexity index is 611. The third-order valence-electron chi connectivity index (χ3n) is 2.62. The smallest absolute Gasteiger partial charge is 0.258 e. The fourth-order valence-electron chi connectivity index (χ4n) is 1.69. The fraction of sp³-hybridized carbons (Fsp3) is 0.133. The van der Waals surface area contributed by atoms with E-state index in [1.54, 1.807) is 24.3 Å². The first-order valence-electron chi connectivity index (χ1n) is 6.13. The minimum atomic E-state index is -0.770. The first-order valence-corrected chi connectivity index (χ1v) is 6.13. The van der Waals surface area contributed by atoms with E-state index in [9.17, 15) is 9.18 Å². The minimum absolute atomic E-state index is 0.128. The molecular weight excluding hydrogens is 261 g/mol. The first kappa shape index (κ1) is 13.9. The highest BCUT2D eigenvalue weighted by atomic mass is 19.1. The van der Waals surface area contributed by atoms with Crippen LogP contribution in [0.3, 0.4) is 0 Å². The quantitative estimate of drug-likeness (QED) is 0.901. The molecule has 20 heavy (non-hydrogen) atoms. The number of nitrogens with one attached hydrogen (secondary N) is 1. The maximum atomic E-state index is 13.5. The van der Waals surface area contributed by atoms with Crippen LogP contribution in [0.4, 0.5) is 10.1 Å². The normalized spacial score (nSPS) is 10.1. The van der Waals surface area contributed by atoms with Crippen LogP contribution in [-0.4, -0.2) is 17.6 Å². The van der Waals surface area contributed by atoms with Crippen LogP contribution in [0.2, 0.25) is 0 Å². The summed E-state index contributed by atoms with van der Waals surface area (Å²) in [6, 6.07) is 10.2. The number of halogens is 1. The van der Waals surface area contributed by atoms with Gasteiger partial charge in [-0.05, 0) is 43.3 Å². The number of phenolic OH excluding ortho intramolecular Hbond substituents is 1. The van der Waals surface area contributed by atoms with E-state index < -0.39 is 11.7 Å². The molecule has 0 saturated carbocycles. The van der Waals surface area contributed by atoms with Crippen LogP contribution in [0, 0.1) is 5.82 Å². The van der Waals surface area contributed by atoms with Gasteiger partial charge >= 0.3 is 0 Å². The van der Waals surface area contributed by atoms with Crippen molar-refractivity contribution in [3.8, 4) is 11.5 Å². The third-order valence-corrected chi connectivity index (χ3v) is 2.62. The largest absolute Gasteiger partial charge is 0.508 e. The van der Waals surface area contributed by atoms with Gasteiger partial charge in [-0.15, -0.1) is 0 Å². The molecule has 0 aliphatic carbocycles. The van der Waals surface area contributed by atoms with Crippen LogP contribution in [0.5, 0.6) is 11.5 Å². The Labute approximate surface area is 115 Å². The molecule has 0 radical (unpaired) electrons. The molecule has 2 N–H and O–H groups in total. The predicted molar refractivity (Wildman–Crippen MR) is 73.6 cm³/mol. The number of benzene rings is 2. The second kappa shape index (κ2) is 6.06. The second-order valence-corrected chi connectivity index (χ2v) is 4.08. The van der Waals surface area contributed by atoms with Gasteiger partial charge in [0.2, 0.25) is 0 Å². The van der Waals surface area contributed by atoms with Gasteiger partial charge < -0.3 is 15.2 Å². The van der Waals surface area contributed by atoms with Gasteiger partial charge in [0.1, 0.15) is 17.3 Å². The van der Waals surface area contributed by atoms with Gasteiger partial charge in [-0.25, -0.2) is 4.39 Å². The Hall–Kier alpha value is -2.56. The summed E-state index contributed by atoms with van der Waals surface area (Å²) in [5.41, 5.74) is 0.405. The first-order chi connectivity index (χ1) is 9.60. The average Bonchev–Trinajstić information content (AvgIpc) is 2.41. The molecule has 0 bridgehead atoms. The van der Waals surface area contributed by atoms with E-state index in [0.29, 0.717) is 18.0 Å². The molecule has 0 heterocycles. The Morgan fingerprint density at radius 1 is 1.25 bits per heavy atom. The van der Waals surface area contributed by atoms with Crippen molar-refractivity contribution in [3.63, 3.8) is 0 Å². The van der Waals surface area contributed by atoms with E-state index >= 15 is 0 Å². The van der Waals surface area contributed by atoms with Crippen LogP contribution in [-0.2, 0) is 0 Å². The molecule has 0 aromatic heterocycles. The molecule has 104 valence electrons. The van der Waals surface area contributed by atoms with Crippen LogP contribution < -0.4 is 10.1 Å². The number of ether oxygens (including phenoxy) is 1. The van der Waals surface area contributed by atoms with E-state index in [1.165, 1.54) is 12.1 Å². The minimum Gasteiger partial charge on any atom is -0.508 e. The van der Waals surface area contributed by atoms with Gasteiger partial charge in [0, 0.05) is 11.8 Å². The number of aromatic hydroxyl groups is 1. The van der Waals surface area contributed by atoms with Crippen LogP contribution in [0.1, 0.15) is 17.3 Å². The van der Waals surface area contributed by atoms with Crippen molar-refractivity contribution in [3.05, 3.63) is 53.8 Å². The molecule has 4 nitrogen and oxygen atoms in total. The zero-order valence-corrected chi connectivity index (χ0v) is 10.9. The molecule has 2 aromatic rings. The van der Waals surface area contributed by atoms with E-state index in [1.807, 2.05) is 6.92 Å². The molecule has 2 rings (SSSR count). The van der Waals surface area contributed by atoms with Gasteiger partial charge in [0.05, 0.1) is 12.2 Å². The van der Waals surface area contributed by atoms with Crippen molar-refractivity contribution in [1.29, 1.82) is 0 Å². The van der Waals surface area contributed by atoms with Gasteiger partial charge in [-0.2, -0.15) is 0 Å². The van der Waals surface area contributed by atoms with Gasteiger partial charge in [0.15, 0.2) is 0 Å². The molecule has 0 aliphatic rings. The van der Waals surface area contributed by atoms with Crippen molar-refractivity contribution in [1.82, 2.24) is 0 Å². The zero-order valence-electron chi connectivity index (χ0n) is 10.9. The molecule has 0 spiro atoms. The Morgan fingerprint density at radius 2 is 1.95 bits per heavy atom. The summed E-state index contributed by atoms with van der Waals surface area (Å²) in [5.74, 6) is -0.874. The average molecular weight is 275 g/mol. The lowest BCUT2D eigenvalue weighted by molar-refractivity contribution is 0.102. The standard InChI is InChI=1S/C15H14FNO3/c1-2-20-12-6-3-10(4-7-12)17-15(19)13-8-5-11(18)9-14(13)16/h3-9,18H,2H2,1H3,(H,17,19). The van der Waals surface area contributed by atoms with E-state index in [2.05, 4.69) is 5.32 Å². The number of carbonyl (C=O) groups is 1. The highest BCUT2D eigenvalue weighted by Gasteiger charge is 2.12. The lowest BCUT2D eigenvalue weighted by Crippen LogP contribution is -2.13. The summed E-state index contributed by atoms with van der Waals surface area (Å²) in [4.78, 5) is 11.9. The third kappa shape index (κ3) is 3.26. The maximum absolute atomic E-state index is 13.5. The lowest BCUT2D eigenvalue weighted by atomic mass is 10.2. The van der Waals surface area contributed by atoms with E-state index in [4.69, 9.17) is 9.84 Å². The summed E-state index contributed by atoms with van der Waals surface area (Å²) in [6.45, 7) is 2.44. The van der Waals surface area contributed by atoms with Gasteiger partial charge in [-0.1, -0.05) is 0 Å². The van der Waals surface area contributed by atoms with Gasteiger partial charge in [-0.3, -0.25) is 4.79 Å². The van der Waals surface area contributed by atoms with Crippen molar-refractivity contribution < 1.29 is 19.0 Å². The number of amides is 1. The van der Waals surface area contributed by atoms with Crippen molar-refractivity contribution >= 4 is 11.6 Å². The van der Waals surface area contributed by atoms with Crippen LogP contribution >= 0.6 is 0 Å². The summed E-state index contributed by atoms with van der Waals surface area (Å²) < 4.78 is 18.8. The molecule has 5 heteroatoms. The van der Waals surface area contributed by atoms with Crippen molar-refractivity contribution in [2.24, 2.45) is 0 Å². The van der Waals surface area contributed by atoms with E-state index in [-0.39, 0.29) is 11.3 Å². The molecule has 1 amide bonds. The van der Waals surface area contributed by atoms with Crippen LogP contribution in [0.15, 0.2) is 42.5 Å². The number of hydrogen-bond acceptors (Lipinski definition) is 3. The summed E-state index contributed by atoms with van der Waals surface area (Å²) in [7, 11) is 0. The second-order valence-electron chi connectivity index (χ2n) is 4.08. The number of phenols is 1. The van der Waals surface area contributed by atoms with Crippen LogP contribution in [0.25, 0.3) is 0 Å². The molecule has 0 saturated heterocycles. The summed E-state index contributed by atoms with van der Waals surface area (Å²) in [6.07, 6.45) is 0. The SMILES string of the molecule is CCOc1ccc(NC(=O)c2ccc(O)cc2F)cc1. The van der Waals surface area contributed by atoms with Crippen molar-refractivity contribution in [2.45, 2.75) is 6.92 Å². The number of hydrogen-bond donors (Lipinski definition) is 2. The summed E-state index contributed by atoms with van der Waals surface area (Å²) in [5, 5.41) is 11.7. The zero-order chi connectivity index (χ0) is 14.5. The fourth-order valence-corrected chi connectivity index (χ4v) is 1.69. The number of rotatable bonds is 4. The highest BCUT2D eigenvalue weighted by Crippen LogP contribution is 2.19. The van der Waals surface area contributed by atoms with Gasteiger partial charge in [0.25, 0.3) is 5.91 Å². The monoisotopic (exact) mass is 275 g/mol. The Kier molecular flexibility index (Phi) is 4.20. The molecule has 2 aromatic carbocycles. The highest BCUT2D eigenvalue weighted by molar-refractivity contribution is 6.04. The van der Waals surface area contributed by atoms with E-state index in [0.717, 1.165) is 6.07 Å². The number of carbonyl (C=O) groups excluding carboxylic acids is 1. The Morgan fingerprint density at radius 3 is 2.55 bits per heavy atom. The Balaban J connectivity index is 2.11. The topological polar surface area (TPSA) is 58.6 Å². The molecule has 0 fully saturated rings. The maximum Gasteiger partial charge on any atom is 0.258 e. The lowest BCUT2D eigenvalue weighted by Gasteiger charge is -2.08. The van der Waals surface area contributed by atoms with Crippen molar-refractivity contribution in [2.75, 3.05) is 11.9 Å². The molecule has 0 aliphatic heterocycles. The predicted octanol–water partition coefficient (Wildman–Crippen LogP) is 3.18. The number of anilines is 1. The molecule has 0 unspecified atom stereocenters. The molecule has 0 atom stereocenters. The summed E-state index contributed by atoms with van der Waals surface area (Å²) >= 11 is 0.